The highest BCUT2D eigenvalue weighted by atomic mass is 16.6. The lowest BCUT2D eigenvalue weighted by Gasteiger charge is -2.23. The maximum Gasteiger partial charge on any atom is 0.175 e. The van der Waals surface area contributed by atoms with Crippen LogP contribution in [0.15, 0.2) is 24.3 Å². The van der Waals surface area contributed by atoms with E-state index in [1.165, 1.54) is 11.0 Å². The molecule has 1 aliphatic rings. The van der Waals surface area contributed by atoms with Gasteiger partial charge in [-0.25, -0.2) is 0 Å². The van der Waals surface area contributed by atoms with E-state index in [-0.39, 0.29) is 6.10 Å². The van der Waals surface area contributed by atoms with E-state index in [9.17, 15) is 0 Å². The molecule has 0 radical (unpaired) electrons. The van der Waals surface area contributed by atoms with Crippen molar-refractivity contribution >= 4 is 12.2 Å². The zero-order chi connectivity index (χ0) is 18.5. The van der Waals surface area contributed by atoms with E-state index >= 15 is 0 Å². The summed E-state index contributed by atoms with van der Waals surface area (Å²) in [6, 6.07) is 8.59. The van der Waals surface area contributed by atoms with Gasteiger partial charge in [0.15, 0.2) is 6.71 Å². The molecule has 0 spiro atoms. The average Bonchev–Trinajstić information content (AvgIpc) is 2.68. The monoisotopic (exact) mass is 364 g/mol. The van der Waals surface area contributed by atoms with Crippen LogP contribution in [0.1, 0.15) is 25.5 Å². The third kappa shape index (κ3) is 7.37. The Morgan fingerprint density at radius 3 is 1.92 bits per heavy atom. The first kappa shape index (κ1) is 21.4. The van der Waals surface area contributed by atoms with E-state index in [1.54, 1.807) is 0 Å². The van der Waals surface area contributed by atoms with Gasteiger partial charge in [0.25, 0.3) is 0 Å². The molecule has 0 saturated carbocycles. The van der Waals surface area contributed by atoms with Crippen LogP contribution in [0, 0.1) is 0 Å². The van der Waals surface area contributed by atoms with Crippen molar-refractivity contribution in [1.82, 2.24) is 0 Å². The molecule has 1 saturated heterocycles. The lowest BCUT2D eigenvalue weighted by atomic mass is 9.40. The largest absolute Gasteiger partial charge is 0.377 e. The minimum atomic E-state index is -0.0863. The fraction of sp³-hybridized carbons (Fsp3) is 0.700. The molecule has 0 bridgehead atoms. The van der Waals surface area contributed by atoms with Crippen LogP contribution in [0.25, 0.3) is 0 Å². The van der Waals surface area contributed by atoms with Crippen molar-refractivity contribution in [3.8, 4) is 0 Å². The summed E-state index contributed by atoms with van der Waals surface area (Å²) in [6.07, 6.45) is 2.16. The summed E-state index contributed by atoms with van der Waals surface area (Å²) in [5.74, 6) is 0. The number of ether oxygens (including phenoxy) is 5. The second kappa shape index (κ2) is 13.3. The Kier molecular flexibility index (Phi) is 10.9. The van der Waals surface area contributed by atoms with Crippen LogP contribution in [0.4, 0.5) is 0 Å². The SMILES string of the molecule is CCB(CC)c1ccccc1C1COCCOCCOCCOCCO1. The van der Waals surface area contributed by atoms with E-state index in [2.05, 4.69) is 38.1 Å². The van der Waals surface area contributed by atoms with E-state index in [0.29, 0.717) is 66.2 Å². The van der Waals surface area contributed by atoms with E-state index < -0.39 is 0 Å². The highest BCUT2D eigenvalue weighted by molar-refractivity contribution is 6.73. The molecule has 5 nitrogen and oxygen atoms in total. The molecule has 0 amide bonds. The smallest absolute Gasteiger partial charge is 0.175 e. The molecule has 0 aliphatic carbocycles. The molecule has 0 aromatic heterocycles. The van der Waals surface area contributed by atoms with Crippen LogP contribution in [0.3, 0.4) is 0 Å². The molecular weight excluding hydrogens is 331 g/mol. The molecule has 6 heteroatoms. The third-order valence-electron chi connectivity index (χ3n) is 4.70. The minimum absolute atomic E-state index is 0.0863. The quantitative estimate of drug-likeness (QED) is 0.769. The van der Waals surface area contributed by atoms with Gasteiger partial charge in [-0.3, -0.25) is 0 Å². The normalized spacial score (nSPS) is 21.5. The molecule has 1 aromatic rings. The maximum atomic E-state index is 6.15. The standard InChI is InChI=1S/C20H33BO5/c1-3-21(4-2)19-8-6-5-7-18(19)20-17-25-14-13-23-10-9-22-11-12-24-15-16-26-20/h5-8,20H,3-4,9-17H2,1-2H3. The number of rotatable bonds is 4. The topological polar surface area (TPSA) is 46.2 Å². The first-order valence-corrected chi connectivity index (χ1v) is 9.88. The molecule has 1 aliphatic heterocycles. The Morgan fingerprint density at radius 2 is 1.31 bits per heavy atom. The van der Waals surface area contributed by atoms with Crippen molar-refractivity contribution in [2.75, 3.05) is 59.5 Å². The van der Waals surface area contributed by atoms with Crippen molar-refractivity contribution < 1.29 is 23.7 Å². The Balaban J connectivity index is 2.05. The van der Waals surface area contributed by atoms with Crippen molar-refractivity contribution in [2.45, 2.75) is 32.6 Å². The lowest BCUT2D eigenvalue weighted by molar-refractivity contribution is -0.0468. The highest BCUT2D eigenvalue weighted by Gasteiger charge is 2.21. The van der Waals surface area contributed by atoms with Gasteiger partial charge in [-0.15, -0.1) is 0 Å². The van der Waals surface area contributed by atoms with Gasteiger partial charge in [0, 0.05) is 0 Å². The Bertz CT molecular complexity index is 465. The fourth-order valence-electron chi connectivity index (χ4n) is 3.23. The first-order valence-electron chi connectivity index (χ1n) is 9.88. The van der Waals surface area contributed by atoms with Crippen molar-refractivity contribution in [1.29, 1.82) is 0 Å². The lowest BCUT2D eigenvalue weighted by Crippen LogP contribution is -2.34. The van der Waals surface area contributed by atoms with Gasteiger partial charge in [-0.2, -0.15) is 0 Å². The Labute approximate surface area is 158 Å². The second-order valence-corrected chi connectivity index (χ2v) is 6.41. The highest BCUT2D eigenvalue weighted by Crippen LogP contribution is 2.18. The van der Waals surface area contributed by atoms with Crippen LogP contribution in [-0.4, -0.2) is 66.2 Å². The van der Waals surface area contributed by atoms with Crippen molar-refractivity contribution in [3.05, 3.63) is 29.8 Å². The molecule has 26 heavy (non-hydrogen) atoms. The summed E-state index contributed by atoms with van der Waals surface area (Å²) >= 11 is 0. The summed E-state index contributed by atoms with van der Waals surface area (Å²) in [7, 11) is 0. The van der Waals surface area contributed by atoms with Gasteiger partial charge in [-0.05, 0) is 5.56 Å². The molecule has 0 N–H and O–H groups in total. The predicted molar refractivity (Wildman–Crippen MR) is 105 cm³/mol. The van der Waals surface area contributed by atoms with Gasteiger partial charge in [0.2, 0.25) is 0 Å². The molecule has 1 fully saturated rings. The minimum Gasteiger partial charge on any atom is -0.377 e. The van der Waals surface area contributed by atoms with E-state index in [1.807, 2.05) is 0 Å². The third-order valence-corrected chi connectivity index (χ3v) is 4.70. The van der Waals surface area contributed by atoms with Gasteiger partial charge >= 0.3 is 0 Å². The van der Waals surface area contributed by atoms with Crippen LogP contribution in [0.5, 0.6) is 0 Å². The summed E-state index contributed by atoms with van der Waals surface area (Å²) in [6.45, 7) is 10.1. The second-order valence-electron chi connectivity index (χ2n) is 6.41. The van der Waals surface area contributed by atoms with Crippen LogP contribution >= 0.6 is 0 Å². The van der Waals surface area contributed by atoms with Gasteiger partial charge in [0.05, 0.1) is 59.5 Å². The zero-order valence-corrected chi connectivity index (χ0v) is 16.3. The fourth-order valence-corrected chi connectivity index (χ4v) is 3.23. The molecule has 1 heterocycles. The molecule has 2 rings (SSSR count). The zero-order valence-electron chi connectivity index (χ0n) is 16.3. The van der Waals surface area contributed by atoms with E-state index in [4.69, 9.17) is 23.7 Å². The molecule has 1 aromatic carbocycles. The number of hydrogen-bond acceptors (Lipinski definition) is 5. The molecule has 146 valence electrons. The first-order chi connectivity index (χ1) is 12.9. The summed E-state index contributed by atoms with van der Waals surface area (Å²) in [5, 5.41) is 0. The van der Waals surface area contributed by atoms with Gasteiger partial charge in [-0.1, -0.05) is 56.2 Å². The van der Waals surface area contributed by atoms with Crippen LogP contribution in [-0.2, 0) is 23.7 Å². The maximum absolute atomic E-state index is 6.15. The van der Waals surface area contributed by atoms with Crippen molar-refractivity contribution in [3.63, 3.8) is 0 Å². The molecular formula is C20H33BO5. The average molecular weight is 364 g/mol. The Morgan fingerprint density at radius 1 is 0.769 bits per heavy atom. The van der Waals surface area contributed by atoms with Crippen LogP contribution < -0.4 is 5.46 Å². The number of benzene rings is 1. The Hall–Kier alpha value is -0.915. The van der Waals surface area contributed by atoms with Gasteiger partial charge < -0.3 is 23.7 Å². The molecule has 1 unspecified atom stereocenters. The number of hydrogen-bond donors (Lipinski definition) is 0. The van der Waals surface area contributed by atoms with E-state index in [0.717, 1.165) is 12.6 Å². The summed E-state index contributed by atoms with van der Waals surface area (Å²) in [4.78, 5) is 0. The summed E-state index contributed by atoms with van der Waals surface area (Å²) < 4.78 is 28.5. The van der Waals surface area contributed by atoms with Crippen molar-refractivity contribution in [2.24, 2.45) is 0 Å². The summed E-state index contributed by atoms with van der Waals surface area (Å²) in [5.41, 5.74) is 2.60. The molecule has 1 atom stereocenters. The van der Waals surface area contributed by atoms with Crippen LogP contribution in [0.2, 0.25) is 12.6 Å². The predicted octanol–water partition coefficient (Wildman–Crippen LogP) is 2.57. The van der Waals surface area contributed by atoms with Gasteiger partial charge in [0.1, 0.15) is 6.10 Å².